The molecule has 2 heterocycles. The number of nitrogens with zero attached hydrogens (tertiary/aromatic N) is 1. The first-order valence-corrected chi connectivity index (χ1v) is 8.99. The van der Waals surface area contributed by atoms with Crippen molar-refractivity contribution in [3.05, 3.63) is 29.8 Å². The van der Waals surface area contributed by atoms with Gasteiger partial charge in [0.05, 0.1) is 0 Å². The first-order chi connectivity index (χ1) is 10.2. The average Bonchev–Trinajstić information content (AvgIpc) is 2.77. The fourth-order valence-corrected chi connectivity index (χ4v) is 4.41. The van der Waals surface area contributed by atoms with Crippen LogP contribution in [0.15, 0.2) is 24.3 Å². The van der Waals surface area contributed by atoms with Gasteiger partial charge in [0.25, 0.3) is 5.91 Å². The largest absolute Gasteiger partial charge is 0.484 e. The minimum atomic E-state index is 0.155. The number of ether oxygens (including phenoxy) is 1. The number of hydrogen-bond donors (Lipinski definition) is 0. The summed E-state index contributed by atoms with van der Waals surface area (Å²) in [6, 6.07) is 8.75. The molecule has 2 unspecified atom stereocenters. The lowest BCUT2D eigenvalue weighted by atomic mass is 10.0. The minimum absolute atomic E-state index is 0.155. The molecule has 0 aromatic heterocycles. The van der Waals surface area contributed by atoms with Crippen molar-refractivity contribution in [2.75, 3.05) is 12.9 Å². The molecule has 4 heteroatoms. The van der Waals surface area contributed by atoms with Crippen molar-refractivity contribution >= 4 is 17.7 Å². The van der Waals surface area contributed by atoms with Crippen molar-refractivity contribution < 1.29 is 9.53 Å². The SMILES string of the molecule is CSC1CC2CCC(C1)N2C(=O)COc1ccc(C)cc1. The maximum absolute atomic E-state index is 12.5. The second kappa shape index (κ2) is 6.30. The van der Waals surface area contributed by atoms with Crippen molar-refractivity contribution in [1.29, 1.82) is 0 Å². The number of amides is 1. The number of hydrogen-bond acceptors (Lipinski definition) is 3. The predicted molar refractivity (Wildman–Crippen MR) is 86.9 cm³/mol. The van der Waals surface area contributed by atoms with E-state index in [2.05, 4.69) is 11.2 Å². The zero-order valence-corrected chi connectivity index (χ0v) is 13.6. The quantitative estimate of drug-likeness (QED) is 0.855. The van der Waals surface area contributed by atoms with Crippen LogP contribution in [0, 0.1) is 6.92 Å². The fraction of sp³-hybridized carbons (Fsp3) is 0.588. The van der Waals surface area contributed by atoms with E-state index in [4.69, 9.17) is 4.74 Å². The van der Waals surface area contributed by atoms with Crippen LogP contribution in [0.3, 0.4) is 0 Å². The van der Waals surface area contributed by atoms with E-state index in [1.54, 1.807) is 0 Å². The Morgan fingerprint density at radius 3 is 2.43 bits per heavy atom. The molecular weight excluding hydrogens is 282 g/mol. The molecule has 1 aromatic carbocycles. The molecule has 1 aromatic rings. The number of aryl methyl sites for hydroxylation is 1. The van der Waals surface area contributed by atoms with Crippen LogP contribution in [0.25, 0.3) is 0 Å². The highest BCUT2D eigenvalue weighted by molar-refractivity contribution is 7.99. The van der Waals surface area contributed by atoms with Gasteiger partial charge in [0, 0.05) is 17.3 Å². The Labute approximate surface area is 131 Å². The summed E-state index contributed by atoms with van der Waals surface area (Å²) in [5.41, 5.74) is 1.20. The smallest absolute Gasteiger partial charge is 0.261 e. The molecule has 114 valence electrons. The summed E-state index contributed by atoms with van der Waals surface area (Å²) >= 11 is 1.95. The highest BCUT2D eigenvalue weighted by Crippen LogP contribution is 2.39. The van der Waals surface area contributed by atoms with Crippen molar-refractivity contribution in [3.8, 4) is 5.75 Å². The van der Waals surface area contributed by atoms with Gasteiger partial charge in [-0.05, 0) is 51.0 Å². The second-order valence-corrected chi connectivity index (χ2v) is 7.25. The van der Waals surface area contributed by atoms with Crippen LogP contribution in [0.4, 0.5) is 0 Å². The van der Waals surface area contributed by atoms with Gasteiger partial charge in [0.2, 0.25) is 0 Å². The maximum atomic E-state index is 12.5. The molecule has 0 spiro atoms. The molecule has 2 aliphatic rings. The van der Waals surface area contributed by atoms with Crippen molar-refractivity contribution in [3.63, 3.8) is 0 Å². The molecule has 2 aliphatic heterocycles. The first kappa shape index (κ1) is 14.8. The Bertz CT molecular complexity index is 488. The first-order valence-electron chi connectivity index (χ1n) is 7.71. The molecule has 2 fully saturated rings. The molecule has 21 heavy (non-hydrogen) atoms. The lowest BCUT2D eigenvalue weighted by Crippen LogP contribution is -2.49. The molecule has 1 amide bonds. The summed E-state index contributed by atoms with van der Waals surface area (Å²) in [5.74, 6) is 0.933. The number of carbonyl (C=O) groups excluding carboxylic acids is 1. The summed E-state index contributed by atoms with van der Waals surface area (Å²) in [5, 5.41) is 0.726. The molecule has 2 bridgehead atoms. The lowest BCUT2D eigenvalue weighted by Gasteiger charge is -2.38. The summed E-state index contributed by atoms with van der Waals surface area (Å²) in [7, 11) is 0. The molecule has 0 N–H and O–H groups in total. The highest BCUT2D eigenvalue weighted by atomic mass is 32.2. The van der Waals surface area contributed by atoms with E-state index >= 15 is 0 Å². The summed E-state index contributed by atoms with van der Waals surface area (Å²) in [4.78, 5) is 14.6. The minimum Gasteiger partial charge on any atom is -0.484 e. The molecular formula is C17H23NO2S. The van der Waals surface area contributed by atoms with Crippen molar-refractivity contribution in [2.45, 2.75) is 49.9 Å². The van der Waals surface area contributed by atoms with Gasteiger partial charge in [-0.15, -0.1) is 0 Å². The van der Waals surface area contributed by atoms with Crippen molar-refractivity contribution in [2.24, 2.45) is 0 Å². The number of thioether (sulfide) groups is 1. The number of benzene rings is 1. The lowest BCUT2D eigenvalue weighted by molar-refractivity contribution is -0.137. The summed E-state index contributed by atoms with van der Waals surface area (Å²) < 4.78 is 5.66. The van der Waals surface area contributed by atoms with Gasteiger partial charge in [-0.25, -0.2) is 0 Å². The van der Waals surface area contributed by atoms with Crippen LogP contribution in [0.5, 0.6) is 5.75 Å². The van der Waals surface area contributed by atoms with Crippen LogP contribution < -0.4 is 4.74 Å². The van der Waals surface area contributed by atoms with E-state index in [1.165, 1.54) is 5.56 Å². The zero-order valence-electron chi connectivity index (χ0n) is 12.7. The van der Waals surface area contributed by atoms with E-state index in [0.29, 0.717) is 12.1 Å². The van der Waals surface area contributed by atoms with Crippen LogP contribution in [0.1, 0.15) is 31.2 Å². The van der Waals surface area contributed by atoms with Crippen LogP contribution in [-0.2, 0) is 4.79 Å². The zero-order chi connectivity index (χ0) is 14.8. The van der Waals surface area contributed by atoms with Gasteiger partial charge >= 0.3 is 0 Å². The molecule has 2 atom stereocenters. The third-order valence-corrected chi connectivity index (χ3v) is 5.75. The van der Waals surface area contributed by atoms with E-state index in [1.807, 2.05) is 43.0 Å². The fourth-order valence-electron chi connectivity index (χ4n) is 3.58. The standard InChI is InChI=1S/C17H23NO2S/c1-12-3-7-15(8-4-12)20-11-17(19)18-13-5-6-14(18)10-16(9-13)21-2/h3-4,7-8,13-14,16H,5-6,9-11H2,1-2H3. The van der Waals surface area contributed by atoms with Crippen LogP contribution >= 0.6 is 11.8 Å². The van der Waals surface area contributed by atoms with Gasteiger partial charge in [-0.3, -0.25) is 4.79 Å². The van der Waals surface area contributed by atoms with Gasteiger partial charge in [-0.2, -0.15) is 11.8 Å². The van der Waals surface area contributed by atoms with E-state index in [0.717, 1.165) is 36.7 Å². The predicted octanol–water partition coefficient (Wildman–Crippen LogP) is 3.26. The highest BCUT2D eigenvalue weighted by Gasteiger charge is 2.42. The Morgan fingerprint density at radius 2 is 1.86 bits per heavy atom. The summed E-state index contributed by atoms with van der Waals surface area (Å²) in [6.07, 6.45) is 6.81. The van der Waals surface area contributed by atoms with Crippen LogP contribution in [0.2, 0.25) is 0 Å². The Balaban J connectivity index is 1.57. The Hall–Kier alpha value is -1.16. The molecule has 3 rings (SSSR count). The molecule has 0 radical (unpaired) electrons. The maximum Gasteiger partial charge on any atom is 0.261 e. The Kier molecular flexibility index (Phi) is 4.43. The van der Waals surface area contributed by atoms with Crippen LogP contribution in [-0.4, -0.2) is 41.0 Å². The van der Waals surface area contributed by atoms with Crippen molar-refractivity contribution in [1.82, 2.24) is 4.90 Å². The molecule has 2 saturated heterocycles. The van der Waals surface area contributed by atoms with Gasteiger partial charge in [0.15, 0.2) is 6.61 Å². The van der Waals surface area contributed by atoms with E-state index in [-0.39, 0.29) is 12.5 Å². The third-order valence-electron chi connectivity index (χ3n) is 4.69. The average molecular weight is 305 g/mol. The summed E-state index contributed by atoms with van der Waals surface area (Å²) in [6.45, 7) is 2.21. The van der Waals surface area contributed by atoms with Gasteiger partial charge < -0.3 is 9.64 Å². The van der Waals surface area contributed by atoms with E-state index < -0.39 is 0 Å². The molecule has 0 saturated carbocycles. The van der Waals surface area contributed by atoms with Gasteiger partial charge in [-0.1, -0.05) is 17.7 Å². The second-order valence-electron chi connectivity index (χ2n) is 6.12. The number of piperidine rings is 1. The topological polar surface area (TPSA) is 29.5 Å². The number of rotatable bonds is 4. The van der Waals surface area contributed by atoms with Gasteiger partial charge in [0.1, 0.15) is 5.75 Å². The third kappa shape index (κ3) is 3.20. The molecule has 0 aliphatic carbocycles. The molecule has 3 nitrogen and oxygen atoms in total. The monoisotopic (exact) mass is 305 g/mol. The Morgan fingerprint density at radius 1 is 1.24 bits per heavy atom. The number of fused-ring (bicyclic) bond motifs is 2. The normalized spacial score (nSPS) is 27.7. The number of carbonyl (C=O) groups is 1. The van der Waals surface area contributed by atoms with E-state index in [9.17, 15) is 4.79 Å².